The Labute approximate surface area is 136 Å². The van der Waals surface area contributed by atoms with Gasteiger partial charge in [-0.25, -0.2) is 9.48 Å². The third-order valence-corrected chi connectivity index (χ3v) is 3.81. The number of rotatable bonds is 4. The largest absolute Gasteiger partial charge is 0.479 e. The lowest BCUT2D eigenvalue weighted by Crippen LogP contribution is -2.35. The van der Waals surface area contributed by atoms with Gasteiger partial charge in [0.05, 0.1) is 17.4 Å². The summed E-state index contributed by atoms with van der Waals surface area (Å²) < 4.78 is 2.91. The second-order valence-corrected chi connectivity index (χ2v) is 5.91. The first-order valence-corrected chi connectivity index (χ1v) is 7.18. The van der Waals surface area contributed by atoms with Crippen LogP contribution in [0.15, 0.2) is 30.6 Å². The van der Waals surface area contributed by atoms with Crippen molar-refractivity contribution in [2.75, 3.05) is 5.32 Å². The molecular formula is C15H16N6O3. The van der Waals surface area contributed by atoms with E-state index >= 15 is 0 Å². The molecule has 0 aliphatic rings. The Morgan fingerprint density at radius 2 is 2.04 bits per heavy atom. The van der Waals surface area contributed by atoms with Crippen LogP contribution in [0.1, 0.15) is 24.2 Å². The van der Waals surface area contributed by atoms with Gasteiger partial charge in [-0.3, -0.25) is 9.48 Å². The smallest absolute Gasteiger partial charge is 0.331 e. The van der Waals surface area contributed by atoms with E-state index in [0.29, 0.717) is 16.8 Å². The molecule has 0 fully saturated rings. The molecule has 1 aromatic carbocycles. The Hall–Kier alpha value is -3.23. The van der Waals surface area contributed by atoms with Crippen LogP contribution in [0.2, 0.25) is 0 Å². The van der Waals surface area contributed by atoms with Crippen LogP contribution in [-0.4, -0.2) is 41.8 Å². The van der Waals surface area contributed by atoms with Crippen molar-refractivity contribution in [2.45, 2.75) is 19.4 Å². The lowest BCUT2D eigenvalue weighted by Gasteiger charge is -2.19. The summed E-state index contributed by atoms with van der Waals surface area (Å²) in [7, 11) is 1.77. The van der Waals surface area contributed by atoms with Crippen molar-refractivity contribution in [3.8, 4) is 0 Å². The summed E-state index contributed by atoms with van der Waals surface area (Å²) >= 11 is 0. The highest BCUT2D eigenvalue weighted by Crippen LogP contribution is 2.18. The van der Waals surface area contributed by atoms with Crippen LogP contribution >= 0.6 is 0 Å². The second-order valence-electron chi connectivity index (χ2n) is 5.91. The molecule has 2 aromatic heterocycles. The van der Waals surface area contributed by atoms with E-state index in [1.54, 1.807) is 29.9 Å². The van der Waals surface area contributed by atoms with Crippen molar-refractivity contribution < 1.29 is 14.7 Å². The molecule has 2 N–H and O–H groups in total. The molecule has 0 atom stereocenters. The average Bonchev–Trinajstić information content (AvgIpc) is 3.14. The number of anilines is 1. The Morgan fingerprint density at radius 1 is 1.29 bits per heavy atom. The van der Waals surface area contributed by atoms with E-state index in [0.717, 1.165) is 5.52 Å². The number of carboxylic acids is 1. The van der Waals surface area contributed by atoms with Gasteiger partial charge in [0.1, 0.15) is 5.52 Å². The topological polar surface area (TPSA) is 115 Å². The van der Waals surface area contributed by atoms with Gasteiger partial charge >= 0.3 is 5.97 Å². The molecule has 9 heteroatoms. The molecule has 0 radical (unpaired) electrons. The number of amides is 1. The number of benzene rings is 1. The quantitative estimate of drug-likeness (QED) is 0.744. The monoisotopic (exact) mass is 328 g/mol. The highest BCUT2D eigenvalue weighted by Gasteiger charge is 2.30. The number of carbonyl (C=O) groups excluding carboxylic acids is 1. The normalized spacial score (nSPS) is 11.6. The van der Waals surface area contributed by atoms with E-state index in [4.69, 9.17) is 0 Å². The van der Waals surface area contributed by atoms with Gasteiger partial charge in [-0.2, -0.15) is 5.10 Å². The zero-order valence-electron chi connectivity index (χ0n) is 13.4. The van der Waals surface area contributed by atoms with Crippen molar-refractivity contribution in [3.63, 3.8) is 0 Å². The molecule has 3 rings (SSSR count). The third kappa shape index (κ3) is 2.60. The van der Waals surface area contributed by atoms with Crippen LogP contribution in [0.5, 0.6) is 0 Å². The summed E-state index contributed by atoms with van der Waals surface area (Å²) in [6, 6.07) is 5.08. The minimum atomic E-state index is -1.21. The van der Waals surface area contributed by atoms with Gasteiger partial charge in [0.25, 0.3) is 5.91 Å². The lowest BCUT2D eigenvalue weighted by atomic mass is 10.1. The second kappa shape index (κ2) is 5.44. The van der Waals surface area contributed by atoms with E-state index in [9.17, 15) is 14.7 Å². The molecule has 0 aliphatic heterocycles. The van der Waals surface area contributed by atoms with Crippen LogP contribution in [0.4, 0.5) is 5.69 Å². The summed E-state index contributed by atoms with van der Waals surface area (Å²) in [4.78, 5) is 23.6. The fourth-order valence-electron chi connectivity index (χ4n) is 2.18. The summed E-state index contributed by atoms with van der Waals surface area (Å²) in [5.74, 6) is -1.35. The van der Waals surface area contributed by atoms with Gasteiger partial charge in [-0.1, -0.05) is 5.21 Å². The van der Waals surface area contributed by atoms with Gasteiger partial charge in [0, 0.05) is 18.8 Å². The highest BCUT2D eigenvalue weighted by atomic mass is 16.4. The first kappa shape index (κ1) is 15.7. The first-order valence-electron chi connectivity index (χ1n) is 7.18. The maximum absolute atomic E-state index is 12.3. The summed E-state index contributed by atoms with van der Waals surface area (Å²) in [6.07, 6.45) is 2.89. The Kier molecular flexibility index (Phi) is 3.55. The van der Waals surface area contributed by atoms with E-state index in [-0.39, 0.29) is 5.91 Å². The van der Waals surface area contributed by atoms with Crippen molar-refractivity contribution in [3.05, 3.63) is 36.2 Å². The van der Waals surface area contributed by atoms with Gasteiger partial charge in [-0.15, -0.1) is 5.10 Å². The molecule has 2 heterocycles. The van der Waals surface area contributed by atoms with Crippen LogP contribution in [-0.2, 0) is 17.4 Å². The van der Waals surface area contributed by atoms with Crippen molar-refractivity contribution >= 4 is 28.6 Å². The van der Waals surface area contributed by atoms with E-state index in [2.05, 4.69) is 20.7 Å². The Bertz CT molecular complexity index is 940. The van der Waals surface area contributed by atoms with E-state index in [1.165, 1.54) is 30.9 Å². The molecule has 24 heavy (non-hydrogen) atoms. The van der Waals surface area contributed by atoms with Crippen LogP contribution in [0.3, 0.4) is 0 Å². The first-order chi connectivity index (χ1) is 11.3. The van der Waals surface area contributed by atoms with Crippen LogP contribution in [0.25, 0.3) is 11.0 Å². The van der Waals surface area contributed by atoms with Crippen LogP contribution in [0, 0.1) is 0 Å². The molecule has 124 valence electrons. The predicted octanol–water partition coefficient (Wildman–Crippen LogP) is 1.24. The Morgan fingerprint density at radius 3 is 2.75 bits per heavy atom. The van der Waals surface area contributed by atoms with Gasteiger partial charge in [0.15, 0.2) is 5.54 Å². The number of nitrogens with zero attached hydrogens (tertiary/aromatic N) is 5. The number of carboxylic acid groups (broad SMARTS) is 1. The minimum absolute atomic E-state index is 0.338. The molecule has 0 saturated carbocycles. The maximum Gasteiger partial charge on any atom is 0.331 e. The summed E-state index contributed by atoms with van der Waals surface area (Å²) in [5.41, 5.74) is 1.07. The van der Waals surface area contributed by atoms with Crippen molar-refractivity contribution in [1.82, 2.24) is 24.8 Å². The SMILES string of the molecule is Cn1nnc2cc(C(=O)Nc3cnn(C(C)(C)C(=O)O)c3)ccc21. The van der Waals surface area contributed by atoms with Gasteiger partial charge in [-0.05, 0) is 32.0 Å². The molecule has 1 amide bonds. The fourth-order valence-corrected chi connectivity index (χ4v) is 2.18. The van der Waals surface area contributed by atoms with E-state index < -0.39 is 11.5 Å². The lowest BCUT2D eigenvalue weighted by molar-refractivity contribution is -0.146. The number of fused-ring (bicyclic) bond motifs is 1. The number of carbonyl (C=O) groups is 2. The number of aliphatic carboxylic acids is 1. The molecule has 3 aromatic rings. The number of nitrogens with one attached hydrogen (secondary N) is 1. The van der Waals surface area contributed by atoms with E-state index in [1.807, 2.05) is 0 Å². The third-order valence-electron chi connectivity index (χ3n) is 3.81. The van der Waals surface area contributed by atoms with Crippen molar-refractivity contribution in [1.29, 1.82) is 0 Å². The molecule has 9 nitrogen and oxygen atoms in total. The predicted molar refractivity (Wildman–Crippen MR) is 85.6 cm³/mol. The summed E-state index contributed by atoms with van der Waals surface area (Å²) in [6.45, 7) is 3.05. The number of aryl methyl sites for hydroxylation is 1. The average molecular weight is 328 g/mol. The number of aromatic nitrogens is 5. The zero-order valence-corrected chi connectivity index (χ0v) is 13.4. The molecule has 0 spiro atoms. The molecule has 0 saturated heterocycles. The standard InChI is InChI=1S/C15H16N6O3/c1-15(2,14(23)24)21-8-10(7-16-21)17-13(22)9-4-5-12-11(6-9)18-19-20(12)3/h4-8H,1-3H3,(H,17,22)(H,23,24). The highest BCUT2D eigenvalue weighted by molar-refractivity contribution is 6.05. The minimum Gasteiger partial charge on any atom is -0.479 e. The summed E-state index contributed by atoms with van der Waals surface area (Å²) in [5, 5.41) is 23.8. The van der Waals surface area contributed by atoms with Gasteiger partial charge < -0.3 is 10.4 Å². The van der Waals surface area contributed by atoms with Crippen molar-refractivity contribution in [2.24, 2.45) is 7.05 Å². The number of hydrogen-bond acceptors (Lipinski definition) is 5. The van der Waals surface area contributed by atoms with Crippen LogP contribution < -0.4 is 5.32 Å². The molecule has 0 bridgehead atoms. The van der Waals surface area contributed by atoms with Gasteiger partial charge in [0.2, 0.25) is 0 Å². The molecular weight excluding hydrogens is 312 g/mol. The Balaban J connectivity index is 1.81. The zero-order chi connectivity index (χ0) is 17.5. The molecule has 0 unspecified atom stereocenters. The fraction of sp³-hybridized carbons (Fsp3) is 0.267. The maximum atomic E-state index is 12.3. The molecule has 0 aliphatic carbocycles. The number of hydrogen-bond donors (Lipinski definition) is 2.